The minimum Gasteiger partial charge on any atom is -0.337 e. The van der Waals surface area contributed by atoms with Crippen LogP contribution in [0.1, 0.15) is 30.6 Å². The molecule has 1 aliphatic rings. The minimum absolute atomic E-state index is 0.0272. The number of carbonyl (C=O) groups excluding carboxylic acids is 1. The SMILES string of the molecule is Cc1nc(SCC(=O)N2CCCC2c2nc(-c3ccccc3)no2)n[nH]1. The summed E-state index contributed by atoms with van der Waals surface area (Å²) < 4.78 is 5.46. The average molecular weight is 370 g/mol. The van der Waals surface area contributed by atoms with E-state index in [0.717, 1.165) is 24.2 Å². The predicted molar refractivity (Wildman–Crippen MR) is 95.3 cm³/mol. The molecule has 1 unspecified atom stereocenters. The second kappa shape index (κ2) is 7.28. The van der Waals surface area contributed by atoms with Gasteiger partial charge in [-0.25, -0.2) is 4.98 Å². The molecule has 0 spiro atoms. The van der Waals surface area contributed by atoms with Crippen LogP contribution >= 0.6 is 11.8 Å². The van der Waals surface area contributed by atoms with Crippen molar-refractivity contribution in [1.82, 2.24) is 30.2 Å². The fraction of sp³-hybridized carbons (Fsp3) is 0.353. The molecule has 8 nitrogen and oxygen atoms in total. The van der Waals surface area contributed by atoms with E-state index in [1.165, 1.54) is 11.8 Å². The van der Waals surface area contributed by atoms with Gasteiger partial charge in [0, 0.05) is 12.1 Å². The van der Waals surface area contributed by atoms with Crippen molar-refractivity contribution in [2.45, 2.75) is 31.0 Å². The summed E-state index contributed by atoms with van der Waals surface area (Å²) in [5.74, 6) is 2.09. The first-order valence-electron chi connectivity index (χ1n) is 8.41. The lowest BCUT2D eigenvalue weighted by Crippen LogP contribution is -2.32. The van der Waals surface area contributed by atoms with E-state index in [2.05, 4.69) is 25.3 Å². The van der Waals surface area contributed by atoms with Crippen molar-refractivity contribution in [3.8, 4) is 11.4 Å². The number of nitrogens with one attached hydrogen (secondary N) is 1. The molecule has 1 saturated heterocycles. The third-order valence-corrected chi connectivity index (χ3v) is 5.07. The molecule has 26 heavy (non-hydrogen) atoms. The van der Waals surface area contributed by atoms with Crippen molar-refractivity contribution in [2.24, 2.45) is 0 Å². The number of aryl methyl sites for hydroxylation is 1. The highest BCUT2D eigenvalue weighted by atomic mass is 32.2. The zero-order chi connectivity index (χ0) is 17.9. The van der Waals surface area contributed by atoms with Crippen molar-refractivity contribution in [1.29, 1.82) is 0 Å². The molecule has 1 amide bonds. The Bertz CT molecular complexity index is 894. The zero-order valence-corrected chi connectivity index (χ0v) is 15.1. The molecule has 1 aliphatic heterocycles. The van der Waals surface area contributed by atoms with Crippen LogP contribution in [0.2, 0.25) is 0 Å². The summed E-state index contributed by atoms with van der Waals surface area (Å²) in [6.07, 6.45) is 1.75. The Hall–Kier alpha value is -2.68. The molecule has 3 heterocycles. The van der Waals surface area contributed by atoms with E-state index >= 15 is 0 Å². The normalized spacial score (nSPS) is 17.0. The number of rotatable bonds is 5. The summed E-state index contributed by atoms with van der Waals surface area (Å²) in [7, 11) is 0. The number of H-pyrrole nitrogens is 1. The number of aromatic nitrogens is 5. The molecule has 0 saturated carbocycles. The van der Waals surface area contributed by atoms with Crippen molar-refractivity contribution >= 4 is 17.7 Å². The van der Waals surface area contributed by atoms with Crippen LogP contribution in [0.4, 0.5) is 0 Å². The molecule has 134 valence electrons. The highest BCUT2D eigenvalue weighted by Crippen LogP contribution is 2.32. The quantitative estimate of drug-likeness (QED) is 0.689. The van der Waals surface area contributed by atoms with Crippen molar-refractivity contribution in [2.75, 3.05) is 12.3 Å². The van der Waals surface area contributed by atoms with E-state index in [4.69, 9.17) is 4.52 Å². The largest absolute Gasteiger partial charge is 0.337 e. The molecule has 9 heteroatoms. The van der Waals surface area contributed by atoms with Crippen LogP contribution in [0.5, 0.6) is 0 Å². The van der Waals surface area contributed by atoms with Crippen molar-refractivity contribution in [3.05, 3.63) is 42.0 Å². The van der Waals surface area contributed by atoms with Gasteiger partial charge in [-0.15, -0.1) is 5.10 Å². The summed E-state index contributed by atoms with van der Waals surface area (Å²) in [6, 6.07) is 9.50. The first kappa shape index (κ1) is 16.8. The van der Waals surface area contributed by atoms with E-state index in [-0.39, 0.29) is 17.7 Å². The van der Waals surface area contributed by atoms with Gasteiger partial charge in [-0.1, -0.05) is 47.3 Å². The summed E-state index contributed by atoms with van der Waals surface area (Å²) in [6.45, 7) is 2.52. The molecule has 1 fully saturated rings. The van der Waals surface area contributed by atoms with Gasteiger partial charge in [0.05, 0.1) is 5.75 Å². The lowest BCUT2D eigenvalue weighted by molar-refractivity contribution is -0.129. The molecule has 3 aromatic rings. The van der Waals surface area contributed by atoms with Crippen LogP contribution in [-0.4, -0.2) is 48.4 Å². The molecule has 1 atom stereocenters. The first-order chi connectivity index (χ1) is 12.7. The lowest BCUT2D eigenvalue weighted by Gasteiger charge is -2.21. The molecule has 0 radical (unpaired) electrons. The fourth-order valence-electron chi connectivity index (χ4n) is 2.99. The zero-order valence-electron chi connectivity index (χ0n) is 14.3. The number of hydrogen-bond acceptors (Lipinski definition) is 7. The summed E-state index contributed by atoms with van der Waals surface area (Å²) in [5.41, 5.74) is 0.897. The Kier molecular flexibility index (Phi) is 4.70. The summed E-state index contributed by atoms with van der Waals surface area (Å²) in [4.78, 5) is 23.2. The van der Waals surface area contributed by atoms with Crippen molar-refractivity contribution in [3.63, 3.8) is 0 Å². The maximum Gasteiger partial charge on any atom is 0.249 e. The topological polar surface area (TPSA) is 101 Å². The van der Waals surface area contributed by atoms with Crippen LogP contribution < -0.4 is 0 Å². The third-order valence-electron chi connectivity index (χ3n) is 4.23. The Morgan fingerprint density at radius 2 is 2.19 bits per heavy atom. The number of aromatic amines is 1. The van der Waals surface area contributed by atoms with Crippen molar-refractivity contribution < 1.29 is 9.32 Å². The van der Waals surface area contributed by atoms with Crippen LogP contribution in [-0.2, 0) is 4.79 Å². The maximum atomic E-state index is 12.6. The molecule has 1 N–H and O–H groups in total. The van der Waals surface area contributed by atoms with Gasteiger partial charge in [0.1, 0.15) is 11.9 Å². The Morgan fingerprint density at radius 1 is 1.35 bits per heavy atom. The Labute approximate surface area is 154 Å². The van der Waals surface area contributed by atoms with Gasteiger partial charge in [0.15, 0.2) is 0 Å². The first-order valence-corrected chi connectivity index (χ1v) is 9.39. The van der Waals surface area contributed by atoms with E-state index in [0.29, 0.717) is 23.4 Å². The lowest BCUT2D eigenvalue weighted by atomic mass is 10.2. The predicted octanol–water partition coefficient (Wildman–Crippen LogP) is 2.62. The molecular weight excluding hydrogens is 352 g/mol. The standard InChI is InChI=1S/C17H18N6O2S/c1-11-18-17(21-20-11)26-10-14(24)23-9-5-8-13(23)16-19-15(22-25-16)12-6-3-2-4-7-12/h2-4,6-7,13H,5,8-10H2,1H3,(H,18,20,21). The molecule has 2 aromatic heterocycles. The van der Waals surface area contributed by atoms with Crippen LogP contribution in [0.3, 0.4) is 0 Å². The number of likely N-dealkylation sites (tertiary alicyclic amines) is 1. The second-order valence-corrected chi connectivity index (χ2v) is 7.00. The fourth-order valence-corrected chi connectivity index (χ4v) is 3.72. The van der Waals surface area contributed by atoms with E-state index in [9.17, 15) is 4.79 Å². The Morgan fingerprint density at radius 3 is 2.96 bits per heavy atom. The highest BCUT2D eigenvalue weighted by Gasteiger charge is 2.34. The van der Waals surface area contributed by atoms with E-state index < -0.39 is 0 Å². The monoisotopic (exact) mass is 370 g/mol. The molecule has 1 aromatic carbocycles. The van der Waals surface area contributed by atoms with Gasteiger partial charge in [-0.05, 0) is 19.8 Å². The smallest absolute Gasteiger partial charge is 0.249 e. The van der Waals surface area contributed by atoms with Crippen LogP contribution in [0.15, 0.2) is 40.0 Å². The molecule has 0 aliphatic carbocycles. The summed E-state index contributed by atoms with van der Waals surface area (Å²) >= 11 is 1.32. The number of thioether (sulfide) groups is 1. The van der Waals surface area contributed by atoms with Gasteiger partial charge in [0.2, 0.25) is 22.8 Å². The van der Waals surface area contributed by atoms with Gasteiger partial charge in [-0.2, -0.15) is 4.98 Å². The average Bonchev–Trinajstić information content (AvgIpc) is 3.40. The number of hydrogen-bond donors (Lipinski definition) is 1. The van der Waals surface area contributed by atoms with Crippen LogP contribution in [0.25, 0.3) is 11.4 Å². The minimum atomic E-state index is -0.165. The number of benzene rings is 1. The molecule has 0 bridgehead atoms. The van der Waals surface area contributed by atoms with Gasteiger partial charge >= 0.3 is 0 Å². The highest BCUT2D eigenvalue weighted by molar-refractivity contribution is 7.99. The molecular formula is C17H18N6O2S. The maximum absolute atomic E-state index is 12.6. The van der Waals surface area contributed by atoms with E-state index in [1.807, 2.05) is 42.2 Å². The summed E-state index contributed by atoms with van der Waals surface area (Å²) in [5, 5.41) is 11.5. The van der Waals surface area contributed by atoms with Gasteiger partial charge in [-0.3, -0.25) is 9.89 Å². The van der Waals surface area contributed by atoms with Gasteiger partial charge in [0.25, 0.3) is 0 Å². The number of amides is 1. The molecule has 4 rings (SSSR count). The number of carbonyl (C=O) groups is 1. The Balaban J connectivity index is 1.44. The third kappa shape index (κ3) is 3.48. The van der Waals surface area contributed by atoms with E-state index in [1.54, 1.807) is 0 Å². The number of nitrogens with zero attached hydrogens (tertiary/aromatic N) is 5. The van der Waals surface area contributed by atoms with Gasteiger partial charge < -0.3 is 9.42 Å². The second-order valence-electron chi connectivity index (χ2n) is 6.06. The van der Waals surface area contributed by atoms with Crippen LogP contribution in [0, 0.1) is 6.92 Å².